The number of aromatic hydroxyl groups is 1. The van der Waals surface area contributed by atoms with E-state index in [-0.39, 0.29) is 60.3 Å². The van der Waals surface area contributed by atoms with E-state index in [1.54, 1.807) is 31.2 Å². The first-order valence-corrected chi connectivity index (χ1v) is 8.61. The molecule has 0 atom stereocenters. The van der Waals surface area contributed by atoms with Crippen molar-refractivity contribution in [3.8, 4) is 17.2 Å². The first kappa shape index (κ1) is 23.2. The SMILES string of the molecule is CCOC(=O)COc1ccc(COc2ccc(O)c(CN)c2)c(Cl)c1Cl.Cl. The van der Waals surface area contributed by atoms with Gasteiger partial charge in [0.05, 0.1) is 11.6 Å². The molecule has 9 heteroatoms. The molecule has 0 fully saturated rings. The summed E-state index contributed by atoms with van der Waals surface area (Å²) >= 11 is 12.5. The summed E-state index contributed by atoms with van der Waals surface area (Å²) in [7, 11) is 0. The van der Waals surface area contributed by atoms with Crippen LogP contribution in [0.4, 0.5) is 0 Å². The number of carbonyl (C=O) groups excluding carboxylic acids is 1. The Labute approximate surface area is 173 Å². The lowest BCUT2D eigenvalue weighted by atomic mass is 10.2. The summed E-state index contributed by atoms with van der Waals surface area (Å²) in [6.07, 6.45) is 0. The predicted molar refractivity (Wildman–Crippen MR) is 106 cm³/mol. The lowest BCUT2D eigenvalue weighted by Crippen LogP contribution is -2.14. The molecule has 6 nitrogen and oxygen atoms in total. The highest BCUT2D eigenvalue weighted by molar-refractivity contribution is 6.43. The van der Waals surface area contributed by atoms with Gasteiger partial charge in [-0.25, -0.2) is 4.79 Å². The van der Waals surface area contributed by atoms with E-state index >= 15 is 0 Å². The topological polar surface area (TPSA) is 91.0 Å². The zero-order valence-electron chi connectivity index (χ0n) is 14.5. The van der Waals surface area contributed by atoms with Crippen LogP contribution >= 0.6 is 35.6 Å². The van der Waals surface area contributed by atoms with E-state index in [0.29, 0.717) is 16.9 Å². The highest BCUT2D eigenvalue weighted by atomic mass is 35.5. The number of ether oxygens (including phenoxy) is 3. The van der Waals surface area contributed by atoms with Crippen LogP contribution in [0, 0.1) is 0 Å². The number of rotatable bonds is 8. The molecular weight excluding hydrogens is 417 g/mol. The number of phenolic OH excluding ortho intramolecular Hbond substituents is 1. The molecule has 0 saturated heterocycles. The Bertz CT molecular complexity index is 786. The van der Waals surface area contributed by atoms with Gasteiger partial charge in [-0.15, -0.1) is 12.4 Å². The van der Waals surface area contributed by atoms with E-state index in [9.17, 15) is 9.90 Å². The summed E-state index contributed by atoms with van der Waals surface area (Å²) in [5, 5.41) is 10.1. The van der Waals surface area contributed by atoms with Gasteiger partial charge in [0.1, 0.15) is 28.9 Å². The Kier molecular flexibility index (Phi) is 9.52. The smallest absolute Gasteiger partial charge is 0.344 e. The van der Waals surface area contributed by atoms with Gasteiger partial charge in [-0.1, -0.05) is 29.3 Å². The van der Waals surface area contributed by atoms with Crippen molar-refractivity contribution in [2.45, 2.75) is 20.1 Å². The molecule has 0 spiro atoms. The van der Waals surface area contributed by atoms with E-state index in [0.717, 1.165) is 0 Å². The first-order chi connectivity index (χ1) is 12.5. The number of benzene rings is 2. The predicted octanol–water partition coefficient (Wildman–Crippen LogP) is 4.10. The van der Waals surface area contributed by atoms with Crippen molar-refractivity contribution in [1.29, 1.82) is 0 Å². The largest absolute Gasteiger partial charge is 0.508 e. The molecule has 0 aliphatic heterocycles. The van der Waals surface area contributed by atoms with Gasteiger partial charge in [0.2, 0.25) is 0 Å². The third-order valence-corrected chi connectivity index (χ3v) is 4.35. The number of esters is 1. The minimum absolute atomic E-state index is 0. The Morgan fingerprint density at radius 1 is 1.11 bits per heavy atom. The summed E-state index contributed by atoms with van der Waals surface area (Å²) in [6, 6.07) is 8.09. The Morgan fingerprint density at radius 3 is 2.52 bits per heavy atom. The number of carbonyl (C=O) groups is 1. The monoisotopic (exact) mass is 435 g/mol. The molecule has 0 heterocycles. The van der Waals surface area contributed by atoms with Gasteiger partial charge in [-0.2, -0.15) is 0 Å². The van der Waals surface area contributed by atoms with Crippen molar-refractivity contribution in [2.24, 2.45) is 5.73 Å². The van der Waals surface area contributed by atoms with E-state index in [2.05, 4.69) is 0 Å². The molecule has 2 aromatic rings. The molecule has 2 rings (SSSR count). The summed E-state index contributed by atoms with van der Waals surface area (Å²) in [5.74, 6) is 0.445. The van der Waals surface area contributed by atoms with Crippen molar-refractivity contribution in [1.82, 2.24) is 0 Å². The number of hydrogen-bond acceptors (Lipinski definition) is 6. The lowest BCUT2D eigenvalue weighted by molar-refractivity contribution is -0.145. The Morgan fingerprint density at radius 2 is 1.85 bits per heavy atom. The van der Waals surface area contributed by atoms with Gasteiger partial charge in [0, 0.05) is 17.7 Å². The zero-order valence-corrected chi connectivity index (χ0v) is 16.9. The molecule has 0 aliphatic rings. The van der Waals surface area contributed by atoms with E-state index in [1.807, 2.05) is 0 Å². The standard InChI is InChI=1S/C18H19Cl2NO5.ClH/c1-2-24-16(23)10-26-15-6-3-11(17(19)18(15)20)9-25-13-4-5-14(22)12(7-13)8-21;/h3-7,22H,2,8-10,21H2,1H3;1H. The van der Waals surface area contributed by atoms with Crippen LogP contribution in [0.3, 0.4) is 0 Å². The maximum absolute atomic E-state index is 11.3. The van der Waals surface area contributed by atoms with Crippen LogP contribution in [-0.4, -0.2) is 24.3 Å². The molecule has 148 valence electrons. The second kappa shape index (κ2) is 11.1. The van der Waals surface area contributed by atoms with Crippen molar-refractivity contribution >= 4 is 41.6 Å². The van der Waals surface area contributed by atoms with Crippen LogP contribution < -0.4 is 15.2 Å². The molecule has 0 amide bonds. The number of phenols is 1. The van der Waals surface area contributed by atoms with Crippen LogP contribution in [-0.2, 0) is 22.7 Å². The molecular formula is C18H20Cl3NO5. The first-order valence-electron chi connectivity index (χ1n) is 7.86. The van der Waals surface area contributed by atoms with Gasteiger partial charge < -0.3 is 25.1 Å². The summed E-state index contributed by atoms with van der Waals surface area (Å²) in [4.78, 5) is 11.3. The maximum atomic E-state index is 11.3. The van der Waals surface area contributed by atoms with Gasteiger partial charge in [0.25, 0.3) is 0 Å². The molecule has 0 unspecified atom stereocenters. The summed E-state index contributed by atoms with van der Waals surface area (Å²) in [5.41, 5.74) is 6.77. The van der Waals surface area contributed by atoms with Gasteiger partial charge in [-0.3, -0.25) is 0 Å². The lowest BCUT2D eigenvalue weighted by Gasteiger charge is -2.13. The van der Waals surface area contributed by atoms with Crippen molar-refractivity contribution in [2.75, 3.05) is 13.2 Å². The molecule has 0 bridgehead atoms. The van der Waals surface area contributed by atoms with Gasteiger partial charge >= 0.3 is 5.97 Å². The van der Waals surface area contributed by atoms with Crippen LogP contribution in [0.2, 0.25) is 10.0 Å². The average molecular weight is 437 g/mol. The van der Waals surface area contributed by atoms with E-state index < -0.39 is 5.97 Å². The van der Waals surface area contributed by atoms with Gasteiger partial charge in [-0.05, 0) is 31.2 Å². The molecule has 27 heavy (non-hydrogen) atoms. The van der Waals surface area contributed by atoms with E-state index in [4.69, 9.17) is 43.1 Å². The normalized spacial score (nSPS) is 10.1. The van der Waals surface area contributed by atoms with Crippen LogP contribution in [0.1, 0.15) is 18.1 Å². The number of halogens is 3. The van der Waals surface area contributed by atoms with Gasteiger partial charge in [0.15, 0.2) is 6.61 Å². The highest BCUT2D eigenvalue weighted by Gasteiger charge is 2.13. The number of nitrogens with two attached hydrogens (primary N) is 1. The fourth-order valence-corrected chi connectivity index (χ4v) is 2.56. The van der Waals surface area contributed by atoms with E-state index in [1.165, 1.54) is 6.07 Å². The highest BCUT2D eigenvalue weighted by Crippen LogP contribution is 2.35. The fourth-order valence-electron chi connectivity index (χ4n) is 2.11. The molecule has 0 saturated carbocycles. The second-order valence-corrected chi connectivity index (χ2v) is 5.98. The van der Waals surface area contributed by atoms with Crippen molar-refractivity contribution in [3.63, 3.8) is 0 Å². The molecule has 0 radical (unpaired) electrons. The third-order valence-electron chi connectivity index (χ3n) is 3.44. The van der Waals surface area contributed by atoms with Crippen LogP contribution in [0.5, 0.6) is 17.2 Å². The van der Waals surface area contributed by atoms with Crippen LogP contribution in [0.25, 0.3) is 0 Å². The molecule has 0 aliphatic carbocycles. The molecule has 3 N–H and O–H groups in total. The molecule has 2 aromatic carbocycles. The van der Waals surface area contributed by atoms with Crippen LogP contribution in [0.15, 0.2) is 30.3 Å². The van der Waals surface area contributed by atoms with Crippen molar-refractivity contribution in [3.05, 3.63) is 51.5 Å². The number of hydrogen-bond donors (Lipinski definition) is 2. The average Bonchev–Trinajstić information content (AvgIpc) is 2.63. The maximum Gasteiger partial charge on any atom is 0.344 e. The second-order valence-electron chi connectivity index (χ2n) is 5.23. The quantitative estimate of drug-likeness (QED) is 0.605. The third kappa shape index (κ3) is 6.36. The summed E-state index contributed by atoms with van der Waals surface area (Å²) < 4.78 is 15.8. The fraction of sp³-hybridized carbons (Fsp3) is 0.278. The minimum atomic E-state index is -0.491. The van der Waals surface area contributed by atoms with Crippen molar-refractivity contribution < 1.29 is 24.1 Å². The molecule has 0 aromatic heterocycles. The zero-order chi connectivity index (χ0) is 19.1. The minimum Gasteiger partial charge on any atom is -0.508 e. The Balaban J connectivity index is 0.00000364. The Hall–Kier alpha value is -1.86. The summed E-state index contributed by atoms with van der Waals surface area (Å²) in [6.45, 7) is 2.08.